The van der Waals surface area contributed by atoms with E-state index >= 15 is 0 Å². The van der Waals surface area contributed by atoms with Crippen molar-refractivity contribution in [1.29, 1.82) is 0 Å². The molecule has 34 heavy (non-hydrogen) atoms. The summed E-state index contributed by atoms with van der Waals surface area (Å²) in [5.74, 6) is -0.245. The number of nitrogens with zero attached hydrogens (tertiary/aromatic N) is 1. The predicted octanol–water partition coefficient (Wildman–Crippen LogP) is 6.93. The Kier molecular flexibility index (Phi) is 20.7. The third-order valence-electron chi connectivity index (χ3n) is 6.36. The Morgan fingerprint density at radius 1 is 0.735 bits per heavy atom. The Morgan fingerprint density at radius 3 is 1.35 bits per heavy atom. The molecule has 6 nitrogen and oxygen atoms in total. The van der Waals surface area contributed by atoms with Gasteiger partial charge in [0.2, 0.25) is 0 Å². The first-order chi connectivity index (χ1) is 16.0. The first-order valence-electron chi connectivity index (χ1n) is 14.1. The standard InChI is InChI=1S/C27H56NO5P/c1-5-6-7-8-9-10-11-12-13-14-15-16-17-18-19-20-21-22-23-24-26(29)27(25-28(2,3)4)33-34(30,31)32/h27H,5-25H2,1-4H3,(H-,30,31,32). The number of hydrogen-bond acceptors (Lipinski definition) is 4. The number of phosphoric ester groups is 1. The molecule has 0 saturated heterocycles. The monoisotopic (exact) mass is 505 g/mol. The van der Waals surface area contributed by atoms with Crippen LogP contribution in [0.4, 0.5) is 0 Å². The Morgan fingerprint density at radius 2 is 1.06 bits per heavy atom. The van der Waals surface area contributed by atoms with Crippen LogP contribution in [0.25, 0.3) is 0 Å². The molecule has 0 rings (SSSR count). The molecule has 0 bridgehead atoms. The minimum absolute atomic E-state index is 0.213. The highest BCUT2D eigenvalue weighted by Crippen LogP contribution is 2.33. The van der Waals surface area contributed by atoms with Gasteiger partial charge < -0.3 is 18.8 Å². The van der Waals surface area contributed by atoms with E-state index in [2.05, 4.69) is 11.4 Å². The van der Waals surface area contributed by atoms with Crippen LogP contribution in [0.1, 0.15) is 135 Å². The average molecular weight is 506 g/mol. The molecule has 204 valence electrons. The molecular weight excluding hydrogens is 449 g/mol. The molecule has 7 heteroatoms. The predicted molar refractivity (Wildman–Crippen MR) is 141 cm³/mol. The van der Waals surface area contributed by atoms with Gasteiger partial charge in [0.05, 0.1) is 21.1 Å². The number of likely N-dealkylation sites (N-methyl/N-ethyl adjacent to an activating group) is 1. The molecule has 0 aromatic rings. The summed E-state index contributed by atoms with van der Waals surface area (Å²) >= 11 is 0. The van der Waals surface area contributed by atoms with E-state index in [4.69, 9.17) is 4.89 Å². The highest BCUT2D eigenvalue weighted by molar-refractivity contribution is 7.44. The van der Waals surface area contributed by atoms with E-state index in [-0.39, 0.29) is 12.3 Å². The molecule has 0 aromatic carbocycles. The van der Waals surface area contributed by atoms with Gasteiger partial charge in [-0.3, -0.25) is 9.36 Å². The Labute approximate surface area is 211 Å². The van der Waals surface area contributed by atoms with E-state index in [1.165, 1.54) is 103 Å². The van der Waals surface area contributed by atoms with Crippen LogP contribution in [-0.2, 0) is 13.9 Å². The summed E-state index contributed by atoms with van der Waals surface area (Å²) in [4.78, 5) is 32.4. The van der Waals surface area contributed by atoms with Crippen molar-refractivity contribution in [3.63, 3.8) is 0 Å². The molecule has 2 atom stereocenters. The van der Waals surface area contributed by atoms with Gasteiger partial charge in [0.15, 0.2) is 11.9 Å². The fourth-order valence-electron chi connectivity index (χ4n) is 4.39. The summed E-state index contributed by atoms with van der Waals surface area (Å²) in [5.41, 5.74) is 0. The number of quaternary nitrogens is 1. The van der Waals surface area contributed by atoms with Crippen molar-refractivity contribution < 1.29 is 28.2 Å². The van der Waals surface area contributed by atoms with Gasteiger partial charge in [-0.15, -0.1) is 0 Å². The van der Waals surface area contributed by atoms with Crippen LogP contribution in [0.5, 0.6) is 0 Å². The lowest BCUT2D eigenvalue weighted by molar-refractivity contribution is -0.872. The van der Waals surface area contributed by atoms with Crippen molar-refractivity contribution in [3.05, 3.63) is 0 Å². The van der Waals surface area contributed by atoms with E-state index < -0.39 is 13.9 Å². The second-order valence-electron chi connectivity index (χ2n) is 11.1. The first-order valence-corrected chi connectivity index (χ1v) is 15.6. The molecular formula is C27H56NO5P. The van der Waals surface area contributed by atoms with E-state index in [1.54, 1.807) is 0 Å². The number of rotatable bonds is 25. The second kappa shape index (κ2) is 20.9. The van der Waals surface area contributed by atoms with Crippen LogP contribution in [0.3, 0.4) is 0 Å². The third-order valence-corrected chi connectivity index (χ3v) is 6.88. The van der Waals surface area contributed by atoms with Gasteiger partial charge in [-0.2, -0.15) is 0 Å². The summed E-state index contributed by atoms with van der Waals surface area (Å²) in [6.07, 6.45) is 23.9. The number of ketones is 1. The molecule has 0 aliphatic heterocycles. The van der Waals surface area contributed by atoms with Crippen molar-refractivity contribution in [3.8, 4) is 0 Å². The molecule has 0 radical (unpaired) electrons. The molecule has 0 amide bonds. The summed E-state index contributed by atoms with van der Waals surface area (Å²) in [7, 11) is 0.643. The van der Waals surface area contributed by atoms with E-state index in [0.717, 1.165) is 19.3 Å². The van der Waals surface area contributed by atoms with Crippen LogP contribution in [0, 0.1) is 0 Å². The quantitative estimate of drug-likeness (QED) is 0.0826. The molecule has 1 N–H and O–H groups in total. The number of Topliss-reactive ketones (excluding diaryl/α,β-unsaturated/α-hetero) is 1. The minimum atomic E-state index is -4.92. The molecule has 0 aliphatic rings. The van der Waals surface area contributed by atoms with Gasteiger partial charge in [0, 0.05) is 6.42 Å². The van der Waals surface area contributed by atoms with Gasteiger partial charge >= 0.3 is 0 Å². The third kappa shape index (κ3) is 24.9. The van der Waals surface area contributed by atoms with Crippen LogP contribution in [0.2, 0.25) is 0 Å². The molecule has 0 spiro atoms. The number of phosphoric acid groups is 1. The smallest absolute Gasteiger partial charge is 0.266 e. The zero-order valence-corrected chi connectivity index (χ0v) is 23.8. The number of carbonyl (C=O) groups excluding carboxylic acids is 1. The zero-order chi connectivity index (χ0) is 25.7. The second-order valence-corrected chi connectivity index (χ2v) is 12.3. The Balaban J connectivity index is 3.55. The number of hydrogen-bond donors (Lipinski definition) is 1. The maximum Gasteiger partial charge on any atom is 0.266 e. The van der Waals surface area contributed by atoms with Gasteiger partial charge in [-0.25, -0.2) is 0 Å². The van der Waals surface area contributed by atoms with Crippen molar-refractivity contribution in [2.45, 2.75) is 141 Å². The fraction of sp³-hybridized carbons (Fsp3) is 0.963. The highest BCUT2D eigenvalue weighted by Gasteiger charge is 2.28. The van der Waals surface area contributed by atoms with Gasteiger partial charge in [0.25, 0.3) is 7.82 Å². The van der Waals surface area contributed by atoms with E-state index in [9.17, 15) is 14.3 Å². The normalized spacial score (nSPS) is 14.8. The van der Waals surface area contributed by atoms with Gasteiger partial charge in [0.1, 0.15) is 6.54 Å². The summed E-state index contributed by atoms with van der Waals surface area (Å²) < 4.78 is 16.1. The molecule has 0 aromatic heterocycles. The lowest BCUT2D eigenvalue weighted by atomic mass is 10.0. The lowest BCUT2D eigenvalue weighted by Crippen LogP contribution is -2.45. The summed E-state index contributed by atoms with van der Waals surface area (Å²) in [6, 6.07) is 0. The van der Waals surface area contributed by atoms with E-state index in [1.807, 2.05) is 21.1 Å². The van der Waals surface area contributed by atoms with Crippen LogP contribution in [-0.4, -0.2) is 49.0 Å². The van der Waals surface area contributed by atoms with Crippen molar-refractivity contribution in [2.75, 3.05) is 27.7 Å². The highest BCUT2D eigenvalue weighted by atomic mass is 31.2. The minimum Gasteiger partial charge on any atom is -0.756 e. The largest absolute Gasteiger partial charge is 0.756 e. The zero-order valence-electron chi connectivity index (χ0n) is 22.9. The van der Waals surface area contributed by atoms with Gasteiger partial charge in [-0.05, 0) is 6.42 Å². The summed E-state index contributed by atoms with van der Waals surface area (Å²) in [6.45, 7) is 2.49. The molecule has 0 saturated carbocycles. The molecule has 2 unspecified atom stereocenters. The summed E-state index contributed by atoms with van der Waals surface area (Å²) in [5, 5.41) is 0. The SMILES string of the molecule is CCCCCCCCCCCCCCCCCCCCCC(=O)C(C[N+](C)(C)C)OP(=O)([O-])O. The van der Waals surface area contributed by atoms with Crippen molar-refractivity contribution in [1.82, 2.24) is 0 Å². The topological polar surface area (TPSA) is 86.7 Å². The van der Waals surface area contributed by atoms with Crippen molar-refractivity contribution in [2.24, 2.45) is 0 Å². The lowest BCUT2D eigenvalue weighted by Gasteiger charge is -2.30. The van der Waals surface area contributed by atoms with Gasteiger partial charge in [-0.1, -0.05) is 122 Å². The molecule has 0 fully saturated rings. The molecule has 0 aliphatic carbocycles. The maximum absolute atomic E-state index is 12.4. The number of unbranched alkanes of at least 4 members (excludes halogenated alkanes) is 18. The Hall–Kier alpha value is -0.260. The number of carbonyl (C=O) groups is 1. The molecule has 0 heterocycles. The van der Waals surface area contributed by atoms with E-state index in [0.29, 0.717) is 10.9 Å². The first kappa shape index (κ1) is 33.7. The Bertz CT molecular complexity index is 530. The average Bonchev–Trinajstić information content (AvgIpc) is 2.72. The van der Waals surface area contributed by atoms with Crippen LogP contribution in [0.15, 0.2) is 0 Å². The van der Waals surface area contributed by atoms with Crippen molar-refractivity contribution >= 4 is 13.6 Å². The fourth-order valence-corrected chi connectivity index (χ4v) is 4.90. The van der Waals surface area contributed by atoms with Crippen LogP contribution >= 0.6 is 7.82 Å². The maximum atomic E-state index is 12.4. The van der Waals surface area contributed by atoms with Crippen LogP contribution < -0.4 is 4.89 Å².